The first-order valence-electron chi connectivity index (χ1n) is 4.94. The number of rotatable bonds is 3. The Morgan fingerprint density at radius 1 is 1.29 bits per heavy atom. The van der Waals surface area contributed by atoms with Gasteiger partial charge in [-0.3, -0.25) is 4.98 Å². The van der Waals surface area contributed by atoms with Crippen LogP contribution in [0.15, 0.2) is 41.0 Å². The van der Waals surface area contributed by atoms with E-state index < -0.39 is 5.82 Å². The maximum absolute atomic E-state index is 13.4. The molecule has 5 heteroatoms. The fourth-order valence-corrected chi connectivity index (χ4v) is 1.55. The lowest BCUT2D eigenvalue weighted by Crippen LogP contribution is -2.02. The lowest BCUT2D eigenvalue weighted by atomic mass is 10.3. The molecule has 0 aliphatic rings. The largest absolute Gasteiger partial charge is 0.482 e. The summed E-state index contributed by atoms with van der Waals surface area (Å²) in [6.07, 6.45) is 1.66. The van der Waals surface area contributed by atoms with E-state index in [4.69, 9.17) is 10.5 Å². The zero-order chi connectivity index (χ0) is 12.3. The summed E-state index contributed by atoms with van der Waals surface area (Å²) >= 11 is 3.28. The number of aromatic nitrogens is 1. The molecule has 1 aromatic heterocycles. The van der Waals surface area contributed by atoms with Crippen molar-refractivity contribution in [3.8, 4) is 5.75 Å². The highest BCUT2D eigenvalue weighted by atomic mass is 79.9. The zero-order valence-corrected chi connectivity index (χ0v) is 10.4. The first kappa shape index (κ1) is 11.9. The molecule has 0 fully saturated rings. The molecule has 2 rings (SSSR count). The third-order valence-electron chi connectivity index (χ3n) is 2.15. The number of benzene rings is 1. The molecule has 0 aliphatic heterocycles. The van der Waals surface area contributed by atoms with E-state index >= 15 is 0 Å². The monoisotopic (exact) mass is 296 g/mol. The van der Waals surface area contributed by atoms with Crippen LogP contribution in [0, 0.1) is 5.82 Å². The van der Waals surface area contributed by atoms with E-state index in [1.54, 1.807) is 18.3 Å². The fraction of sp³-hybridized carbons (Fsp3) is 0.0833. The van der Waals surface area contributed by atoms with Gasteiger partial charge in [-0.2, -0.15) is 0 Å². The molecule has 88 valence electrons. The molecule has 0 amide bonds. The van der Waals surface area contributed by atoms with Gasteiger partial charge in [-0.05, 0) is 40.2 Å². The Labute approximate surface area is 107 Å². The number of para-hydroxylation sites is 1. The maximum atomic E-state index is 13.4. The quantitative estimate of drug-likeness (QED) is 0.885. The van der Waals surface area contributed by atoms with Crippen molar-refractivity contribution in [2.24, 2.45) is 0 Å². The summed E-state index contributed by atoms with van der Waals surface area (Å²) in [4.78, 5) is 4.12. The smallest absolute Gasteiger partial charge is 0.178 e. The Kier molecular flexibility index (Phi) is 3.58. The third kappa shape index (κ3) is 2.94. The Balaban J connectivity index is 2.10. The summed E-state index contributed by atoms with van der Waals surface area (Å²) in [6, 6.07) is 8.07. The molecule has 0 bridgehead atoms. The van der Waals surface area contributed by atoms with Gasteiger partial charge < -0.3 is 10.5 Å². The average molecular weight is 297 g/mol. The van der Waals surface area contributed by atoms with Gasteiger partial charge in [0.15, 0.2) is 11.6 Å². The molecule has 0 saturated heterocycles. The number of hydrogen-bond acceptors (Lipinski definition) is 3. The first-order valence-corrected chi connectivity index (χ1v) is 5.73. The SMILES string of the molecule is Nc1cccc(F)c1OCc1ccc(Br)cn1. The molecule has 3 nitrogen and oxygen atoms in total. The molecule has 0 spiro atoms. The number of hydrogen-bond donors (Lipinski definition) is 1. The maximum Gasteiger partial charge on any atom is 0.178 e. The van der Waals surface area contributed by atoms with Crippen molar-refractivity contribution < 1.29 is 9.13 Å². The average Bonchev–Trinajstić information content (AvgIpc) is 2.31. The fourth-order valence-electron chi connectivity index (χ4n) is 1.32. The van der Waals surface area contributed by atoms with Crippen LogP contribution in [0.25, 0.3) is 0 Å². The Morgan fingerprint density at radius 3 is 2.76 bits per heavy atom. The van der Waals surface area contributed by atoms with Gasteiger partial charge in [0.2, 0.25) is 0 Å². The van der Waals surface area contributed by atoms with Crippen LogP contribution in [0.3, 0.4) is 0 Å². The number of nitrogens with two attached hydrogens (primary N) is 1. The topological polar surface area (TPSA) is 48.1 Å². The second kappa shape index (κ2) is 5.14. The van der Waals surface area contributed by atoms with Gasteiger partial charge in [0.1, 0.15) is 6.61 Å². The van der Waals surface area contributed by atoms with Crippen LogP contribution >= 0.6 is 15.9 Å². The van der Waals surface area contributed by atoms with Gasteiger partial charge in [-0.25, -0.2) is 4.39 Å². The number of ether oxygens (including phenoxy) is 1. The number of nitrogens with zero attached hydrogens (tertiary/aromatic N) is 1. The van der Waals surface area contributed by atoms with Crippen LogP contribution in [0.4, 0.5) is 10.1 Å². The summed E-state index contributed by atoms with van der Waals surface area (Å²) in [6.45, 7) is 0.179. The predicted octanol–water partition coefficient (Wildman–Crippen LogP) is 3.14. The van der Waals surface area contributed by atoms with E-state index in [1.807, 2.05) is 6.07 Å². The summed E-state index contributed by atoms with van der Waals surface area (Å²) in [5, 5.41) is 0. The highest BCUT2D eigenvalue weighted by Crippen LogP contribution is 2.25. The van der Waals surface area contributed by atoms with Crippen LogP contribution in [0.1, 0.15) is 5.69 Å². The molecule has 1 aromatic carbocycles. The number of halogens is 2. The molecule has 1 heterocycles. The van der Waals surface area contributed by atoms with Crippen molar-refractivity contribution in [2.75, 3.05) is 5.73 Å². The van der Waals surface area contributed by atoms with E-state index in [9.17, 15) is 4.39 Å². The highest BCUT2D eigenvalue weighted by molar-refractivity contribution is 9.10. The van der Waals surface area contributed by atoms with Crippen LogP contribution in [0.2, 0.25) is 0 Å². The van der Waals surface area contributed by atoms with Crippen molar-refractivity contribution >= 4 is 21.6 Å². The van der Waals surface area contributed by atoms with Gasteiger partial charge in [0.25, 0.3) is 0 Å². The second-order valence-corrected chi connectivity index (χ2v) is 4.33. The Morgan fingerprint density at radius 2 is 2.12 bits per heavy atom. The summed E-state index contributed by atoms with van der Waals surface area (Å²) in [5.41, 5.74) is 6.60. The van der Waals surface area contributed by atoms with Crippen LogP contribution in [-0.4, -0.2) is 4.98 Å². The summed E-state index contributed by atoms with van der Waals surface area (Å²) < 4.78 is 19.6. The summed E-state index contributed by atoms with van der Waals surface area (Å²) in [5.74, 6) is -0.403. The molecular weight excluding hydrogens is 287 g/mol. The second-order valence-electron chi connectivity index (χ2n) is 3.41. The minimum Gasteiger partial charge on any atom is -0.482 e. The first-order chi connectivity index (χ1) is 8.16. The molecular formula is C12H10BrFN2O. The van der Waals surface area contributed by atoms with Gasteiger partial charge >= 0.3 is 0 Å². The van der Waals surface area contributed by atoms with Gasteiger partial charge in [0, 0.05) is 10.7 Å². The minimum atomic E-state index is -0.470. The van der Waals surface area contributed by atoms with Crippen LogP contribution in [-0.2, 0) is 6.61 Å². The van der Waals surface area contributed by atoms with Gasteiger partial charge in [0.05, 0.1) is 11.4 Å². The van der Waals surface area contributed by atoms with E-state index in [1.165, 1.54) is 12.1 Å². The Bertz CT molecular complexity index is 496. The van der Waals surface area contributed by atoms with Crippen molar-refractivity contribution in [3.63, 3.8) is 0 Å². The lowest BCUT2D eigenvalue weighted by molar-refractivity contribution is 0.288. The van der Waals surface area contributed by atoms with Crippen molar-refractivity contribution in [2.45, 2.75) is 6.61 Å². The molecule has 17 heavy (non-hydrogen) atoms. The minimum absolute atomic E-state index is 0.0669. The van der Waals surface area contributed by atoms with Crippen LogP contribution in [0.5, 0.6) is 5.75 Å². The van der Waals surface area contributed by atoms with Crippen molar-refractivity contribution in [1.82, 2.24) is 4.98 Å². The predicted molar refractivity (Wildman–Crippen MR) is 67.1 cm³/mol. The van der Waals surface area contributed by atoms with Crippen LogP contribution < -0.4 is 10.5 Å². The zero-order valence-electron chi connectivity index (χ0n) is 8.86. The highest BCUT2D eigenvalue weighted by Gasteiger charge is 2.07. The number of anilines is 1. The van der Waals surface area contributed by atoms with Crippen molar-refractivity contribution in [1.29, 1.82) is 0 Å². The van der Waals surface area contributed by atoms with Crippen molar-refractivity contribution in [3.05, 3.63) is 52.5 Å². The molecule has 0 unspecified atom stereocenters. The molecule has 0 saturated carbocycles. The number of nitrogen functional groups attached to an aromatic ring is 1. The van der Waals surface area contributed by atoms with Gasteiger partial charge in [-0.1, -0.05) is 6.07 Å². The van der Waals surface area contributed by atoms with E-state index in [0.29, 0.717) is 5.69 Å². The van der Waals surface area contributed by atoms with E-state index in [2.05, 4.69) is 20.9 Å². The molecule has 2 N–H and O–H groups in total. The lowest BCUT2D eigenvalue weighted by Gasteiger charge is -2.09. The Hall–Kier alpha value is -1.62. The third-order valence-corrected chi connectivity index (χ3v) is 2.62. The molecule has 2 aromatic rings. The normalized spacial score (nSPS) is 10.2. The molecule has 0 radical (unpaired) electrons. The molecule has 0 aliphatic carbocycles. The molecule has 0 atom stereocenters. The number of pyridine rings is 1. The summed E-state index contributed by atoms with van der Waals surface area (Å²) in [7, 11) is 0. The van der Waals surface area contributed by atoms with E-state index in [-0.39, 0.29) is 18.0 Å². The van der Waals surface area contributed by atoms with E-state index in [0.717, 1.165) is 4.47 Å². The van der Waals surface area contributed by atoms with Gasteiger partial charge in [-0.15, -0.1) is 0 Å². The standard InChI is InChI=1S/C12H10BrFN2O/c13-8-4-5-9(16-6-8)7-17-12-10(14)2-1-3-11(12)15/h1-6H,7,15H2.